The average molecular weight is 169 g/mol. The van der Waals surface area contributed by atoms with Crippen LogP contribution in [0.3, 0.4) is 0 Å². The second-order valence-corrected chi connectivity index (χ2v) is 4.63. The van der Waals surface area contributed by atoms with Gasteiger partial charge in [0.2, 0.25) is 0 Å². The maximum atomic E-state index is 11.0. The quantitative estimate of drug-likeness (QED) is 0.625. The number of likely N-dealkylation sites (tertiary alicyclic amines) is 1. The van der Waals surface area contributed by atoms with E-state index in [0.29, 0.717) is 11.7 Å². The molecular formula is C10H19NO. The van der Waals surface area contributed by atoms with E-state index in [-0.39, 0.29) is 5.41 Å². The van der Waals surface area contributed by atoms with Gasteiger partial charge in [-0.3, -0.25) is 0 Å². The zero-order valence-corrected chi connectivity index (χ0v) is 8.55. The SMILES string of the molecule is CC(=O)CC1(C)CN(C)CC1C. The van der Waals surface area contributed by atoms with E-state index in [9.17, 15) is 4.79 Å². The van der Waals surface area contributed by atoms with Gasteiger partial charge < -0.3 is 9.69 Å². The molecule has 1 saturated heterocycles. The third-order valence-electron chi connectivity index (χ3n) is 3.06. The second kappa shape index (κ2) is 3.17. The molecule has 0 bridgehead atoms. The normalized spacial score (nSPS) is 37.2. The lowest BCUT2D eigenvalue weighted by Crippen LogP contribution is -2.27. The molecule has 0 aromatic carbocycles. The Morgan fingerprint density at radius 3 is 2.58 bits per heavy atom. The van der Waals surface area contributed by atoms with Crippen molar-refractivity contribution in [3.8, 4) is 0 Å². The van der Waals surface area contributed by atoms with E-state index in [2.05, 4.69) is 25.8 Å². The molecule has 70 valence electrons. The Morgan fingerprint density at radius 2 is 2.25 bits per heavy atom. The third-order valence-corrected chi connectivity index (χ3v) is 3.06. The first kappa shape index (κ1) is 9.72. The summed E-state index contributed by atoms with van der Waals surface area (Å²) < 4.78 is 0. The van der Waals surface area contributed by atoms with Gasteiger partial charge >= 0.3 is 0 Å². The highest BCUT2D eigenvalue weighted by molar-refractivity contribution is 5.76. The molecule has 0 aromatic heterocycles. The lowest BCUT2D eigenvalue weighted by molar-refractivity contribution is -0.119. The molecular weight excluding hydrogens is 150 g/mol. The lowest BCUT2D eigenvalue weighted by atomic mass is 9.77. The molecule has 0 spiro atoms. The Morgan fingerprint density at radius 1 is 1.67 bits per heavy atom. The summed E-state index contributed by atoms with van der Waals surface area (Å²) >= 11 is 0. The van der Waals surface area contributed by atoms with Crippen molar-refractivity contribution in [1.29, 1.82) is 0 Å². The molecule has 1 fully saturated rings. The highest BCUT2D eigenvalue weighted by Crippen LogP contribution is 2.37. The van der Waals surface area contributed by atoms with E-state index in [0.717, 1.165) is 19.5 Å². The summed E-state index contributed by atoms with van der Waals surface area (Å²) in [6.45, 7) is 8.35. The Kier molecular flexibility index (Phi) is 2.57. The van der Waals surface area contributed by atoms with Gasteiger partial charge in [-0.15, -0.1) is 0 Å². The standard InChI is InChI=1S/C10H19NO/c1-8-6-11(4)7-10(8,3)5-9(2)12/h8H,5-7H2,1-4H3. The molecule has 1 heterocycles. The van der Waals surface area contributed by atoms with Crippen LogP contribution in [0, 0.1) is 11.3 Å². The molecule has 1 rings (SSSR count). The predicted molar refractivity (Wildman–Crippen MR) is 50.1 cm³/mol. The molecule has 2 nitrogen and oxygen atoms in total. The van der Waals surface area contributed by atoms with Crippen molar-refractivity contribution >= 4 is 5.78 Å². The number of carbonyl (C=O) groups is 1. The van der Waals surface area contributed by atoms with E-state index < -0.39 is 0 Å². The number of carbonyl (C=O) groups excluding carboxylic acids is 1. The van der Waals surface area contributed by atoms with Gasteiger partial charge in [0.25, 0.3) is 0 Å². The van der Waals surface area contributed by atoms with Crippen molar-refractivity contribution in [3.63, 3.8) is 0 Å². The van der Waals surface area contributed by atoms with Crippen molar-refractivity contribution in [2.45, 2.75) is 27.2 Å². The fraction of sp³-hybridized carbons (Fsp3) is 0.900. The van der Waals surface area contributed by atoms with E-state index in [4.69, 9.17) is 0 Å². The molecule has 2 atom stereocenters. The summed E-state index contributed by atoms with van der Waals surface area (Å²) in [5, 5.41) is 0. The van der Waals surface area contributed by atoms with Crippen LogP contribution in [-0.4, -0.2) is 30.8 Å². The molecule has 2 unspecified atom stereocenters. The van der Waals surface area contributed by atoms with Gasteiger partial charge in [-0.1, -0.05) is 13.8 Å². The largest absolute Gasteiger partial charge is 0.306 e. The van der Waals surface area contributed by atoms with Crippen molar-refractivity contribution in [2.24, 2.45) is 11.3 Å². The summed E-state index contributed by atoms with van der Waals surface area (Å²) in [5.74, 6) is 0.964. The maximum absolute atomic E-state index is 11.0. The Bertz CT molecular complexity index is 190. The summed E-state index contributed by atoms with van der Waals surface area (Å²) in [6, 6.07) is 0. The zero-order chi connectivity index (χ0) is 9.35. The van der Waals surface area contributed by atoms with E-state index in [1.54, 1.807) is 6.92 Å². The van der Waals surface area contributed by atoms with Gasteiger partial charge in [-0.25, -0.2) is 0 Å². The minimum Gasteiger partial charge on any atom is -0.306 e. The van der Waals surface area contributed by atoms with Crippen molar-refractivity contribution in [2.75, 3.05) is 20.1 Å². The first-order chi connectivity index (χ1) is 5.44. The molecule has 0 aliphatic carbocycles. The summed E-state index contributed by atoms with van der Waals surface area (Å²) in [6.07, 6.45) is 0.735. The van der Waals surface area contributed by atoms with Crippen molar-refractivity contribution in [3.05, 3.63) is 0 Å². The first-order valence-electron chi connectivity index (χ1n) is 4.62. The fourth-order valence-corrected chi connectivity index (χ4v) is 2.32. The van der Waals surface area contributed by atoms with Crippen molar-refractivity contribution < 1.29 is 4.79 Å². The molecule has 0 N–H and O–H groups in total. The Labute approximate surface area is 74.9 Å². The van der Waals surface area contributed by atoms with Crippen LogP contribution in [0.25, 0.3) is 0 Å². The Balaban J connectivity index is 2.64. The zero-order valence-electron chi connectivity index (χ0n) is 8.55. The highest BCUT2D eigenvalue weighted by Gasteiger charge is 2.39. The monoisotopic (exact) mass is 169 g/mol. The van der Waals surface area contributed by atoms with Crippen LogP contribution in [0.1, 0.15) is 27.2 Å². The summed E-state index contributed by atoms with van der Waals surface area (Å²) in [5.41, 5.74) is 0.223. The lowest BCUT2D eigenvalue weighted by Gasteiger charge is -2.26. The molecule has 0 amide bonds. The number of rotatable bonds is 2. The minimum atomic E-state index is 0.223. The van der Waals surface area contributed by atoms with Gasteiger partial charge in [0.1, 0.15) is 5.78 Å². The predicted octanol–water partition coefficient (Wildman–Crippen LogP) is 1.55. The third kappa shape index (κ3) is 1.86. The van der Waals surface area contributed by atoms with Crippen LogP contribution in [0.5, 0.6) is 0 Å². The second-order valence-electron chi connectivity index (χ2n) is 4.63. The molecule has 0 radical (unpaired) electrons. The van der Waals surface area contributed by atoms with Gasteiger partial charge in [0.15, 0.2) is 0 Å². The molecule has 1 aliphatic rings. The topological polar surface area (TPSA) is 20.3 Å². The number of hydrogen-bond acceptors (Lipinski definition) is 2. The maximum Gasteiger partial charge on any atom is 0.130 e. The number of hydrogen-bond donors (Lipinski definition) is 0. The number of ketones is 1. The molecule has 0 saturated carbocycles. The Hall–Kier alpha value is -0.370. The molecule has 1 aliphatic heterocycles. The van der Waals surface area contributed by atoms with Crippen molar-refractivity contribution in [1.82, 2.24) is 4.90 Å². The minimum absolute atomic E-state index is 0.223. The van der Waals surface area contributed by atoms with E-state index >= 15 is 0 Å². The van der Waals surface area contributed by atoms with Crippen LogP contribution < -0.4 is 0 Å². The summed E-state index contributed by atoms with van der Waals surface area (Å²) in [7, 11) is 2.13. The van der Waals surface area contributed by atoms with Crippen LogP contribution in [0.15, 0.2) is 0 Å². The number of Topliss-reactive ketones (excluding diaryl/α,β-unsaturated/α-hetero) is 1. The average Bonchev–Trinajstić information content (AvgIpc) is 2.04. The van der Waals surface area contributed by atoms with E-state index in [1.807, 2.05) is 0 Å². The first-order valence-corrected chi connectivity index (χ1v) is 4.62. The van der Waals surface area contributed by atoms with Crippen LogP contribution in [0.4, 0.5) is 0 Å². The van der Waals surface area contributed by atoms with Crippen LogP contribution >= 0.6 is 0 Å². The molecule has 2 heteroatoms. The molecule has 0 aromatic rings. The van der Waals surface area contributed by atoms with Crippen LogP contribution in [0.2, 0.25) is 0 Å². The number of nitrogens with zero attached hydrogens (tertiary/aromatic N) is 1. The van der Waals surface area contributed by atoms with Gasteiger partial charge in [0.05, 0.1) is 0 Å². The van der Waals surface area contributed by atoms with Gasteiger partial charge in [0, 0.05) is 19.5 Å². The summed E-state index contributed by atoms with van der Waals surface area (Å²) in [4.78, 5) is 13.4. The molecule has 12 heavy (non-hydrogen) atoms. The van der Waals surface area contributed by atoms with Gasteiger partial charge in [-0.05, 0) is 25.3 Å². The highest BCUT2D eigenvalue weighted by atomic mass is 16.1. The smallest absolute Gasteiger partial charge is 0.130 e. The fourth-order valence-electron chi connectivity index (χ4n) is 2.32. The van der Waals surface area contributed by atoms with Gasteiger partial charge in [-0.2, -0.15) is 0 Å². The van der Waals surface area contributed by atoms with Crippen LogP contribution in [-0.2, 0) is 4.79 Å². The van der Waals surface area contributed by atoms with E-state index in [1.165, 1.54) is 0 Å².